The van der Waals surface area contributed by atoms with Crippen LogP contribution in [0.4, 0.5) is 0 Å². The van der Waals surface area contributed by atoms with Crippen LogP contribution in [0.1, 0.15) is 93.7 Å². The van der Waals surface area contributed by atoms with Gasteiger partial charge in [0.25, 0.3) is 0 Å². The number of aliphatic imine (C=N–C) groups is 1. The van der Waals surface area contributed by atoms with Gasteiger partial charge in [0.1, 0.15) is 23.0 Å². The second-order valence-corrected chi connectivity index (χ2v) is 10.5. The maximum absolute atomic E-state index is 10.2. The van der Waals surface area contributed by atoms with Gasteiger partial charge in [-0.15, -0.1) is 21.5 Å². The van der Waals surface area contributed by atoms with Crippen LogP contribution in [0, 0.1) is 20.8 Å². The lowest BCUT2D eigenvalue weighted by Gasteiger charge is -2.17. The van der Waals surface area contributed by atoms with Crippen LogP contribution in [0.2, 0.25) is 0 Å². The Morgan fingerprint density at radius 3 is 2.23 bits per heavy atom. The first-order valence-electron chi connectivity index (χ1n) is 12.4. The van der Waals surface area contributed by atoms with Gasteiger partial charge in [0.15, 0.2) is 5.82 Å². The van der Waals surface area contributed by atoms with Crippen molar-refractivity contribution in [2.45, 2.75) is 94.2 Å². The van der Waals surface area contributed by atoms with Gasteiger partial charge >= 0.3 is 5.97 Å². The summed E-state index contributed by atoms with van der Waals surface area (Å²) < 4.78 is 6.97. The van der Waals surface area contributed by atoms with E-state index in [1.54, 1.807) is 11.3 Å². The summed E-state index contributed by atoms with van der Waals surface area (Å²) in [6.07, 6.45) is 2.29. The SMILES string of the molecule is CC.CC(=O)OC(C)(C)C.CCCc1ccc(C2=NCc3nnc(C)n3-c3sc(C)c(C)c32)cc1. The van der Waals surface area contributed by atoms with E-state index in [2.05, 4.69) is 59.8 Å². The minimum atomic E-state index is -0.328. The van der Waals surface area contributed by atoms with Gasteiger partial charge in [-0.25, -0.2) is 0 Å². The van der Waals surface area contributed by atoms with Gasteiger partial charge in [0, 0.05) is 22.9 Å². The van der Waals surface area contributed by atoms with Crippen LogP contribution in [0.15, 0.2) is 29.3 Å². The maximum Gasteiger partial charge on any atom is 0.303 e. The molecular formula is C28H40N4O2S. The number of aryl methyl sites for hydroxylation is 3. The quantitative estimate of drug-likeness (QED) is 0.369. The zero-order valence-corrected chi connectivity index (χ0v) is 23.8. The molecule has 0 amide bonds. The average Bonchev–Trinajstić information content (AvgIpc) is 3.23. The summed E-state index contributed by atoms with van der Waals surface area (Å²) in [7, 11) is 0. The van der Waals surface area contributed by atoms with Crippen molar-refractivity contribution < 1.29 is 9.53 Å². The highest BCUT2D eigenvalue weighted by atomic mass is 32.1. The van der Waals surface area contributed by atoms with Gasteiger partial charge in [-0.3, -0.25) is 14.4 Å². The maximum atomic E-state index is 10.2. The molecular weight excluding hydrogens is 456 g/mol. The molecule has 1 aromatic carbocycles. The number of nitrogens with zero attached hydrogens (tertiary/aromatic N) is 4. The Balaban J connectivity index is 0.000000371. The Bertz CT molecular complexity index is 1170. The van der Waals surface area contributed by atoms with Gasteiger partial charge < -0.3 is 4.74 Å². The number of hydrogen-bond donors (Lipinski definition) is 0. The summed E-state index contributed by atoms with van der Waals surface area (Å²) >= 11 is 1.80. The number of esters is 1. The summed E-state index contributed by atoms with van der Waals surface area (Å²) in [5.74, 6) is 1.61. The lowest BCUT2D eigenvalue weighted by molar-refractivity contribution is -0.151. The molecule has 0 fully saturated rings. The van der Waals surface area contributed by atoms with E-state index < -0.39 is 0 Å². The largest absolute Gasteiger partial charge is 0.460 e. The van der Waals surface area contributed by atoms with Crippen molar-refractivity contribution >= 4 is 23.0 Å². The number of aromatic nitrogens is 3. The van der Waals surface area contributed by atoms with Crippen LogP contribution in [-0.2, 0) is 22.5 Å². The molecule has 4 rings (SSSR count). The Kier molecular flexibility index (Phi) is 9.95. The molecule has 0 saturated carbocycles. The Labute approximate surface area is 214 Å². The van der Waals surface area contributed by atoms with E-state index in [0.29, 0.717) is 6.54 Å². The molecule has 2 aromatic heterocycles. The van der Waals surface area contributed by atoms with E-state index in [-0.39, 0.29) is 11.6 Å². The first kappa shape index (κ1) is 28.4. The van der Waals surface area contributed by atoms with Crippen molar-refractivity contribution in [1.82, 2.24) is 14.8 Å². The third-order valence-electron chi connectivity index (χ3n) is 5.29. The van der Waals surface area contributed by atoms with Crippen molar-refractivity contribution in [2.75, 3.05) is 0 Å². The Morgan fingerprint density at radius 1 is 1.09 bits per heavy atom. The molecule has 7 heteroatoms. The monoisotopic (exact) mass is 496 g/mol. The fourth-order valence-corrected chi connectivity index (χ4v) is 5.06. The van der Waals surface area contributed by atoms with Gasteiger partial charge in [-0.2, -0.15) is 0 Å². The number of ether oxygens (including phenoxy) is 1. The van der Waals surface area contributed by atoms with Crippen molar-refractivity contribution in [1.29, 1.82) is 0 Å². The van der Waals surface area contributed by atoms with Crippen LogP contribution >= 0.6 is 11.3 Å². The molecule has 0 N–H and O–H groups in total. The average molecular weight is 497 g/mol. The van der Waals surface area contributed by atoms with E-state index in [0.717, 1.165) is 23.8 Å². The predicted octanol–water partition coefficient (Wildman–Crippen LogP) is 6.93. The minimum absolute atomic E-state index is 0.225. The first-order valence-corrected chi connectivity index (χ1v) is 13.2. The highest BCUT2D eigenvalue weighted by Gasteiger charge is 2.26. The number of fused-ring (bicyclic) bond motifs is 3. The molecule has 0 atom stereocenters. The highest BCUT2D eigenvalue weighted by molar-refractivity contribution is 7.15. The molecule has 0 aliphatic carbocycles. The third-order valence-corrected chi connectivity index (χ3v) is 6.49. The summed E-state index contributed by atoms with van der Waals surface area (Å²) in [5, 5.41) is 9.79. The molecule has 35 heavy (non-hydrogen) atoms. The molecule has 0 radical (unpaired) electrons. The van der Waals surface area contributed by atoms with E-state index in [1.807, 2.05) is 41.5 Å². The lowest BCUT2D eigenvalue weighted by Crippen LogP contribution is -2.21. The van der Waals surface area contributed by atoms with E-state index >= 15 is 0 Å². The molecule has 190 valence electrons. The summed E-state index contributed by atoms with van der Waals surface area (Å²) in [5.41, 5.74) is 5.84. The number of benzene rings is 1. The van der Waals surface area contributed by atoms with Crippen molar-refractivity contribution in [3.63, 3.8) is 0 Å². The van der Waals surface area contributed by atoms with Crippen LogP contribution in [0.5, 0.6) is 0 Å². The molecule has 0 saturated heterocycles. The topological polar surface area (TPSA) is 69.4 Å². The van der Waals surface area contributed by atoms with Crippen LogP contribution in [-0.4, -0.2) is 32.0 Å². The Morgan fingerprint density at radius 2 is 1.71 bits per heavy atom. The fraction of sp³-hybridized carbons (Fsp3) is 0.500. The highest BCUT2D eigenvalue weighted by Crippen LogP contribution is 2.36. The van der Waals surface area contributed by atoms with Crippen molar-refractivity contribution in [2.24, 2.45) is 4.99 Å². The zero-order chi connectivity index (χ0) is 26.3. The number of thiophene rings is 1. The summed E-state index contributed by atoms with van der Waals surface area (Å²) in [4.78, 5) is 16.5. The van der Waals surface area contributed by atoms with E-state index in [9.17, 15) is 4.79 Å². The zero-order valence-electron chi connectivity index (χ0n) is 22.9. The number of carbonyl (C=O) groups excluding carboxylic acids is 1. The summed E-state index contributed by atoms with van der Waals surface area (Å²) in [6.45, 7) is 20.1. The predicted molar refractivity (Wildman–Crippen MR) is 146 cm³/mol. The van der Waals surface area contributed by atoms with Gasteiger partial charge in [0.2, 0.25) is 0 Å². The number of carbonyl (C=O) groups is 1. The normalized spacial score (nSPS) is 12.1. The lowest BCUT2D eigenvalue weighted by atomic mass is 9.98. The van der Waals surface area contributed by atoms with E-state index in [1.165, 1.54) is 45.5 Å². The molecule has 1 aliphatic heterocycles. The third kappa shape index (κ3) is 7.10. The second kappa shape index (κ2) is 12.2. The van der Waals surface area contributed by atoms with Crippen molar-refractivity contribution in [3.8, 4) is 5.00 Å². The number of hydrogen-bond acceptors (Lipinski definition) is 6. The Hall–Kier alpha value is -2.80. The minimum Gasteiger partial charge on any atom is -0.460 e. The fourth-order valence-electron chi connectivity index (χ4n) is 3.83. The van der Waals surface area contributed by atoms with Gasteiger partial charge in [-0.05, 0) is 59.1 Å². The van der Waals surface area contributed by atoms with Gasteiger partial charge in [0.05, 0.1) is 5.71 Å². The molecule has 0 bridgehead atoms. The van der Waals surface area contributed by atoms with Crippen LogP contribution in [0.25, 0.3) is 5.00 Å². The molecule has 3 aromatic rings. The van der Waals surface area contributed by atoms with Gasteiger partial charge in [-0.1, -0.05) is 51.5 Å². The van der Waals surface area contributed by atoms with E-state index in [4.69, 9.17) is 9.73 Å². The van der Waals surface area contributed by atoms with Crippen molar-refractivity contribution in [3.05, 3.63) is 63.0 Å². The molecule has 0 unspecified atom stereocenters. The summed E-state index contributed by atoms with van der Waals surface area (Å²) in [6, 6.07) is 8.87. The first-order chi connectivity index (χ1) is 16.5. The smallest absolute Gasteiger partial charge is 0.303 e. The molecule has 6 nitrogen and oxygen atoms in total. The van der Waals surface area contributed by atoms with Crippen LogP contribution in [0.3, 0.4) is 0 Å². The second-order valence-electron chi connectivity index (χ2n) is 9.28. The van der Waals surface area contributed by atoms with Crippen LogP contribution < -0.4 is 0 Å². The molecule has 1 aliphatic rings. The molecule has 0 spiro atoms. The molecule has 3 heterocycles. The number of rotatable bonds is 3. The standard InChI is InChI=1S/C20H22N4S.C6H12O2.C2H6/c1-5-6-15-7-9-16(10-8-15)19-18-12(2)13(3)25-20(18)24-14(4)22-23-17(24)11-21-19;1-5(7)8-6(2,3)4;1-2/h7-10H,5-6,11H2,1-4H3;1-4H3;1-2H3.